The van der Waals surface area contributed by atoms with E-state index in [1.165, 1.54) is 24.5 Å². The van der Waals surface area contributed by atoms with Gasteiger partial charge in [-0.2, -0.15) is 0 Å². The summed E-state index contributed by atoms with van der Waals surface area (Å²) in [6.07, 6.45) is 1.25. The number of carboxylic acid groups (broad SMARTS) is 1. The number of rotatable bonds is 1. The van der Waals surface area contributed by atoms with Gasteiger partial charge in [0.2, 0.25) is 0 Å². The first-order chi connectivity index (χ1) is 6.70. The van der Waals surface area contributed by atoms with E-state index in [9.17, 15) is 4.79 Å². The minimum absolute atomic E-state index is 0.176. The summed E-state index contributed by atoms with van der Waals surface area (Å²) in [5.41, 5.74) is 3.03. The highest BCUT2D eigenvalue weighted by Gasteiger charge is 1.90. The van der Waals surface area contributed by atoms with E-state index in [1.807, 2.05) is 0 Å². The molecule has 0 aliphatic rings. The monoisotopic (exact) mass is 214 g/mol. The molecule has 0 aromatic carbocycles. The first-order valence-electron chi connectivity index (χ1n) is 5.20. The van der Waals surface area contributed by atoms with E-state index in [2.05, 4.69) is 48.1 Å². The molecule has 0 saturated heterocycles. The Bertz CT molecular complexity index is 183. The molecule has 0 saturated carbocycles. The third kappa shape index (κ3) is 32.1. The Hall–Kier alpha value is -1.05. The first kappa shape index (κ1) is 19.5. The number of hydrogen-bond donors (Lipinski definition) is 1. The van der Waals surface area contributed by atoms with Gasteiger partial charge in [0.15, 0.2) is 0 Å². The third-order valence-corrected chi connectivity index (χ3v) is 1.37. The summed E-state index contributed by atoms with van der Waals surface area (Å²) in [5.74, 6) is -0.935. The zero-order chi connectivity index (χ0) is 13.0. The fourth-order valence-corrected chi connectivity index (χ4v) is 0. The summed E-state index contributed by atoms with van der Waals surface area (Å²) in [6.45, 7) is 17.3. The third-order valence-electron chi connectivity index (χ3n) is 1.37. The quantitative estimate of drug-likeness (QED) is 0.518. The van der Waals surface area contributed by atoms with Crippen LogP contribution in [0.4, 0.5) is 0 Å². The van der Waals surface area contributed by atoms with Gasteiger partial charge in [0.25, 0.3) is 0 Å². The molecule has 0 fully saturated rings. The molecule has 2 heteroatoms. The molecule has 0 radical (unpaired) electrons. The van der Waals surface area contributed by atoms with Gasteiger partial charge < -0.3 is 5.11 Å². The van der Waals surface area contributed by atoms with E-state index >= 15 is 0 Å². The van der Waals surface area contributed by atoms with Crippen LogP contribution in [-0.2, 0) is 4.79 Å². The van der Waals surface area contributed by atoms with Crippen LogP contribution in [0.5, 0.6) is 0 Å². The molecule has 1 N–H and O–H groups in total. The molecule has 0 amide bonds. The van der Waals surface area contributed by atoms with Crippen LogP contribution >= 0.6 is 0 Å². The van der Waals surface area contributed by atoms with Crippen LogP contribution in [0.2, 0.25) is 0 Å². The highest BCUT2D eigenvalue weighted by atomic mass is 16.4. The van der Waals surface area contributed by atoms with Crippen molar-refractivity contribution in [1.82, 2.24) is 0 Å². The second-order valence-electron chi connectivity index (χ2n) is 3.79. The summed E-state index contributed by atoms with van der Waals surface area (Å²) in [6, 6.07) is 0. The molecule has 0 aromatic rings. The molecule has 0 aromatic heterocycles. The van der Waals surface area contributed by atoms with Crippen molar-refractivity contribution in [3.8, 4) is 0 Å². The minimum Gasteiger partial charge on any atom is -0.478 e. The molecule has 0 rings (SSSR count). The maximum atomic E-state index is 9.60. The van der Waals surface area contributed by atoms with Crippen molar-refractivity contribution in [2.24, 2.45) is 0 Å². The number of carboxylic acids is 1. The van der Waals surface area contributed by atoms with E-state index in [0.717, 1.165) is 0 Å². The lowest BCUT2D eigenvalue weighted by Gasteiger charge is -1.88. The van der Waals surface area contributed by atoms with Crippen LogP contribution in [0.3, 0.4) is 0 Å². The summed E-state index contributed by atoms with van der Waals surface area (Å²) < 4.78 is 0. The zero-order valence-electron chi connectivity index (χ0n) is 11.3. The number of aliphatic carboxylic acids is 1. The van der Waals surface area contributed by atoms with E-state index in [4.69, 9.17) is 5.11 Å². The Morgan fingerprint density at radius 3 is 1.13 bits per heavy atom. The van der Waals surface area contributed by atoms with Gasteiger partial charge in [-0.1, -0.05) is 38.0 Å². The standard InChI is InChI=1S/C6H12.C4H6O2.C3H8/c1-5(2)6(3)4;1-3(2)4(5)6;1-3-2/h1-4H3;1H2,2H3,(H,5,6);3H2,1-2H3. The van der Waals surface area contributed by atoms with Gasteiger partial charge in [-0.15, -0.1) is 0 Å². The lowest BCUT2D eigenvalue weighted by atomic mass is 10.2. The van der Waals surface area contributed by atoms with Gasteiger partial charge in [0.05, 0.1) is 0 Å². The smallest absolute Gasteiger partial charge is 0.330 e. The van der Waals surface area contributed by atoms with Crippen molar-refractivity contribution < 1.29 is 9.90 Å². The second-order valence-corrected chi connectivity index (χ2v) is 3.79. The molecule has 0 atom stereocenters. The molecule has 0 spiro atoms. The van der Waals surface area contributed by atoms with Crippen molar-refractivity contribution in [2.75, 3.05) is 0 Å². The summed E-state index contributed by atoms with van der Waals surface area (Å²) in [5, 5.41) is 7.89. The largest absolute Gasteiger partial charge is 0.478 e. The summed E-state index contributed by atoms with van der Waals surface area (Å²) in [7, 11) is 0. The van der Waals surface area contributed by atoms with Crippen molar-refractivity contribution in [2.45, 2.75) is 54.9 Å². The molecule has 0 aliphatic heterocycles. The van der Waals surface area contributed by atoms with Crippen LogP contribution in [0.15, 0.2) is 23.3 Å². The fraction of sp³-hybridized carbons (Fsp3) is 0.615. The average Bonchev–Trinajstić information content (AvgIpc) is 2.06. The van der Waals surface area contributed by atoms with Crippen LogP contribution in [0.1, 0.15) is 54.9 Å². The highest BCUT2D eigenvalue weighted by Crippen LogP contribution is 1.96. The van der Waals surface area contributed by atoms with Crippen molar-refractivity contribution in [3.05, 3.63) is 23.3 Å². The Morgan fingerprint density at radius 1 is 1.00 bits per heavy atom. The van der Waals surface area contributed by atoms with Gasteiger partial charge in [-0.3, -0.25) is 0 Å². The predicted molar refractivity (Wildman–Crippen MR) is 68.1 cm³/mol. The average molecular weight is 214 g/mol. The summed E-state index contributed by atoms with van der Waals surface area (Å²) >= 11 is 0. The van der Waals surface area contributed by atoms with E-state index in [-0.39, 0.29) is 5.57 Å². The van der Waals surface area contributed by atoms with Crippen molar-refractivity contribution >= 4 is 5.97 Å². The highest BCUT2D eigenvalue weighted by molar-refractivity contribution is 5.84. The summed E-state index contributed by atoms with van der Waals surface area (Å²) in [4.78, 5) is 9.60. The Morgan fingerprint density at radius 2 is 1.13 bits per heavy atom. The zero-order valence-corrected chi connectivity index (χ0v) is 11.3. The van der Waals surface area contributed by atoms with Gasteiger partial charge in [-0.25, -0.2) is 4.79 Å². The number of carbonyl (C=O) groups is 1. The SMILES string of the molecule is C=C(C)C(=O)O.CC(C)=C(C)C.CCC. The molecule has 90 valence electrons. The lowest BCUT2D eigenvalue weighted by Crippen LogP contribution is -1.92. The molecule has 0 heterocycles. The topological polar surface area (TPSA) is 37.3 Å². The predicted octanol–water partition coefficient (Wildman–Crippen LogP) is 4.43. The Labute approximate surface area is 94.7 Å². The normalized spacial score (nSPS) is 7.40. The number of hydrogen-bond acceptors (Lipinski definition) is 1. The Kier molecular flexibility index (Phi) is 16.8. The number of allylic oxidation sites excluding steroid dienone is 2. The van der Waals surface area contributed by atoms with Crippen LogP contribution in [0.25, 0.3) is 0 Å². The minimum atomic E-state index is -0.935. The van der Waals surface area contributed by atoms with Crippen molar-refractivity contribution in [3.63, 3.8) is 0 Å². The van der Waals surface area contributed by atoms with Crippen molar-refractivity contribution in [1.29, 1.82) is 0 Å². The molecule has 0 unspecified atom stereocenters. The maximum Gasteiger partial charge on any atom is 0.330 e. The van der Waals surface area contributed by atoms with Gasteiger partial charge in [0.1, 0.15) is 0 Å². The molecule has 0 bridgehead atoms. The lowest BCUT2D eigenvalue weighted by molar-refractivity contribution is -0.132. The van der Waals surface area contributed by atoms with E-state index < -0.39 is 5.97 Å². The molecular formula is C13H26O2. The van der Waals surface area contributed by atoms with Crippen LogP contribution in [-0.4, -0.2) is 11.1 Å². The van der Waals surface area contributed by atoms with E-state index in [0.29, 0.717) is 0 Å². The molecular weight excluding hydrogens is 188 g/mol. The molecule has 15 heavy (non-hydrogen) atoms. The molecule has 0 aliphatic carbocycles. The Balaban J connectivity index is -0.000000153. The van der Waals surface area contributed by atoms with Crippen LogP contribution in [0, 0.1) is 0 Å². The van der Waals surface area contributed by atoms with Gasteiger partial charge >= 0.3 is 5.97 Å². The fourth-order valence-electron chi connectivity index (χ4n) is 0. The van der Waals surface area contributed by atoms with Gasteiger partial charge in [-0.05, 0) is 34.6 Å². The van der Waals surface area contributed by atoms with Gasteiger partial charge in [0, 0.05) is 5.57 Å². The van der Waals surface area contributed by atoms with E-state index in [1.54, 1.807) is 0 Å². The molecule has 2 nitrogen and oxygen atoms in total. The first-order valence-corrected chi connectivity index (χ1v) is 5.20. The van der Waals surface area contributed by atoms with Crippen LogP contribution < -0.4 is 0 Å². The maximum absolute atomic E-state index is 9.60. The second kappa shape index (κ2) is 12.9.